The first-order chi connectivity index (χ1) is 7.87. The summed E-state index contributed by atoms with van der Waals surface area (Å²) in [5.74, 6) is -1.45. The molecule has 8 heteroatoms. The van der Waals surface area contributed by atoms with Crippen molar-refractivity contribution in [3.8, 4) is 17.7 Å². The van der Waals surface area contributed by atoms with Crippen LogP contribution in [0.15, 0.2) is 6.07 Å². The van der Waals surface area contributed by atoms with Crippen molar-refractivity contribution in [3.05, 3.63) is 17.3 Å². The van der Waals surface area contributed by atoms with Gasteiger partial charge >= 0.3 is 6.36 Å². The quantitative estimate of drug-likeness (QED) is 0.854. The van der Waals surface area contributed by atoms with Gasteiger partial charge in [-0.3, -0.25) is 0 Å². The lowest BCUT2D eigenvalue weighted by Gasteiger charge is -2.12. The van der Waals surface area contributed by atoms with Crippen LogP contribution < -0.4 is 4.74 Å². The first-order valence-electron chi connectivity index (χ1n) is 4.27. The zero-order valence-electron chi connectivity index (χ0n) is 8.25. The van der Waals surface area contributed by atoms with Gasteiger partial charge in [-0.25, -0.2) is 4.98 Å². The molecule has 0 bridgehead atoms. The van der Waals surface area contributed by atoms with Crippen molar-refractivity contribution in [1.82, 2.24) is 4.98 Å². The molecule has 0 fully saturated rings. The summed E-state index contributed by atoms with van der Waals surface area (Å²) in [5, 5.41) is 17.8. The Morgan fingerprint density at radius 2 is 2.18 bits per heavy atom. The molecule has 0 saturated carbocycles. The SMILES string of the molecule is N#CCc1nc(OC(F)(F)F)c(CCl)cc1O. The number of aromatic hydroxyl groups is 1. The fourth-order valence-corrected chi connectivity index (χ4v) is 1.25. The maximum absolute atomic E-state index is 12.0. The van der Waals surface area contributed by atoms with Crippen molar-refractivity contribution in [3.63, 3.8) is 0 Å². The molecule has 0 spiro atoms. The molecule has 1 aromatic heterocycles. The fourth-order valence-electron chi connectivity index (χ4n) is 1.06. The Balaban J connectivity index is 3.18. The number of ether oxygens (including phenoxy) is 1. The zero-order chi connectivity index (χ0) is 13.1. The molecule has 0 aromatic carbocycles. The Morgan fingerprint density at radius 1 is 1.53 bits per heavy atom. The third-order valence-corrected chi connectivity index (χ3v) is 2.01. The Labute approximate surface area is 99.2 Å². The molecule has 0 atom stereocenters. The average Bonchev–Trinajstić information content (AvgIpc) is 2.20. The minimum atomic E-state index is -4.91. The summed E-state index contributed by atoms with van der Waals surface area (Å²) in [4.78, 5) is 3.42. The zero-order valence-corrected chi connectivity index (χ0v) is 9.01. The number of alkyl halides is 4. The number of nitriles is 1. The Kier molecular flexibility index (Phi) is 4.02. The molecule has 17 heavy (non-hydrogen) atoms. The molecule has 92 valence electrons. The molecule has 0 aliphatic carbocycles. The molecule has 1 heterocycles. The first-order valence-corrected chi connectivity index (χ1v) is 4.81. The van der Waals surface area contributed by atoms with Gasteiger partial charge < -0.3 is 9.84 Å². The third kappa shape index (κ3) is 3.67. The predicted molar refractivity (Wildman–Crippen MR) is 51.5 cm³/mol. The van der Waals surface area contributed by atoms with Gasteiger partial charge in [0.15, 0.2) is 0 Å². The van der Waals surface area contributed by atoms with Crippen LogP contribution in [-0.4, -0.2) is 16.5 Å². The highest BCUT2D eigenvalue weighted by atomic mass is 35.5. The summed E-state index contributed by atoms with van der Waals surface area (Å²) in [6, 6.07) is 2.65. The van der Waals surface area contributed by atoms with Crippen molar-refractivity contribution >= 4 is 11.6 Å². The maximum Gasteiger partial charge on any atom is 0.574 e. The van der Waals surface area contributed by atoms with E-state index in [2.05, 4.69) is 9.72 Å². The van der Waals surface area contributed by atoms with Crippen LogP contribution in [0.1, 0.15) is 11.3 Å². The highest BCUT2D eigenvalue weighted by Gasteiger charge is 2.33. The van der Waals surface area contributed by atoms with E-state index >= 15 is 0 Å². The van der Waals surface area contributed by atoms with Gasteiger partial charge in [-0.1, -0.05) is 0 Å². The van der Waals surface area contributed by atoms with Crippen LogP contribution in [-0.2, 0) is 12.3 Å². The van der Waals surface area contributed by atoms with Crippen LogP contribution >= 0.6 is 11.6 Å². The molecular weight excluding hydrogens is 261 g/mol. The van der Waals surface area contributed by atoms with E-state index in [1.165, 1.54) is 0 Å². The van der Waals surface area contributed by atoms with Crippen molar-refractivity contribution in [2.45, 2.75) is 18.7 Å². The van der Waals surface area contributed by atoms with Crippen LogP contribution in [0.3, 0.4) is 0 Å². The van der Waals surface area contributed by atoms with E-state index in [4.69, 9.17) is 16.9 Å². The molecular formula is C9H6ClF3N2O2. The second-order valence-corrected chi connectivity index (χ2v) is 3.20. The minimum Gasteiger partial charge on any atom is -0.506 e. The summed E-state index contributed by atoms with van der Waals surface area (Å²) < 4.78 is 39.8. The van der Waals surface area contributed by atoms with E-state index in [-0.39, 0.29) is 23.6 Å². The van der Waals surface area contributed by atoms with Crippen molar-refractivity contribution < 1.29 is 23.0 Å². The van der Waals surface area contributed by atoms with Gasteiger partial charge in [-0.05, 0) is 6.07 Å². The van der Waals surface area contributed by atoms with Gasteiger partial charge in [-0.2, -0.15) is 5.26 Å². The molecule has 1 N–H and O–H groups in total. The molecule has 0 saturated heterocycles. The van der Waals surface area contributed by atoms with E-state index in [1.807, 2.05) is 0 Å². The molecule has 4 nitrogen and oxygen atoms in total. The number of hydrogen-bond donors (Lipinski definition) is 1. The van der Waals surface area contributed by atoms with Gasteiger partial charge in [0.05, 0.1) is 18.4 Å². The number of pyridine rings is 1. The highest BCUT2D eigenvalue weighted by Crippen LogP contribution is 2.30. The van der Waals surface area contributed by atoms with Crippen molar-refractivity contribution in [2.75, 3.05) is 0 Å². The number of nitrogens with zero attached hydrogens (tertiary/aromatic N) is 2. The molecule has 0 aliphatic heterocycles. The monoisotopic (exact) mass is 266 g/mol. The van der Waals surface area contributed by atoms with Crippen LogP contribution in [0.4, 0.5) is 13.2 Å². The van der Waals surface area contributed by atoms with E-state index < -0.39 is 18.0 Å². The van der Waals surface area contributed by atoms with Crippen LogP contribution in [0, 0.1) is 11.3 Å². The standard InChI is InChI=1S/C9H6ClF3N2O2/c10-4-5-3-7(16)6(1-2-14)15-8(5)17-9(11,12)13/h3,16H,1,4H2. The molecule has 1 rings (SSSR count). The second-order valence-electron chi connectivity index (χ2n) is 2.93. The van der Waals surface area contributed by atoms with E-state index in [9.17, 15) is 18.3 Å². The maximum atomic E-state index is 12.0. The van der Waals surface area contributed by atoms with Gasteiger partial charge in [0.25, 0.3) is 0 Å². The average molecular weight is 267 g/mol. The topological polar surface area (TPSA) is 66.1 Å². The van der Waals surface area contributed by atoms with Gasteiger partial charge in [0.1, 0.15) is 11.4 Å². The van der Waals surface area contributed by atoms with Crippen molar-refractivity contribution in [2.24, 2.45) is 0 Å². The highest BCUT2D eigenvalue weighted by molar-refractivity contribution is 6.17. The number of aromatic nitrogens is 1. The lowest BCUT2D eigenvalue weighted by atomic mass is 10.2. The van der Waals surface area contributed by atoms with E-state index in [1.54, 1.807) is 6.07 Å². The summed E-state index contributed by atoms with van der Waals surface area (Å²) in [5.41, 5.74) is -0.302. The lowest BCUT2D eigenvalue weighted by molar-refractivity contribution is -0.276. The molecule has 0 aliphatic rings. The fraction of sp³-hybridized carbons (Fsp3) is 0.333. The van der Waals surface area contributed by atoms with Crippen LogP contribution in [0.2, 0.25) is 0 Å². The Hall–Kier alpha value is -1.68. The lowest BCUT2D eigenvalue weighted by Crippen LogP contribution is -2.19. The van der Waals surface area contributed by atoms with Gasteiger partial charge in [0, 0.05) is 5.56 Å². The summed E-state index contributed by atoms with van der Waals surface area (Å²) in [7, 11) is 0. The summed E-state index contributed by atoms with van der Waals surface area (Å²) >= 11 is 5.40. The summed E-state index contributed by atoms with van der Waals surface area (Å²) in [6.07, 6.45) is -5.24. The molecule has 0 radical (unpaired) electrons. The normalized spacial score (nSPS) is 11.0. The number of halogens is 4. The smallest absolute Gasteiger partial charge is 0.506 e. The Morgan fingerprint density at radius 3 is 2.65 bits per heavy atom. The van der Waals surface area contributed by atoms with E-state index in [0.29, 0.717) is 0 Å². The predicted octanol–water partition coefficient (Wildman–Crippen LogP) is 2.49. The molecule has 0 unspecified atom stereocenters. The van der Waals surface area contributed by atoms with Crippen molar-refractivity contribution in [1.29, 1.82) is 5.26 Å². The van der Waals surface area contributed by atoms with Gasteiger partial charge in [0.2, 0.25) is 5.88 Å². The largest absolute Gasteiger partial charge is 0.574 e. The number of rotatable bonds is 3. The first kappa shape index (κ1) is 13.4. The Bertz CT molecular complexity index is 457. The number of hydrogen-bond acceptors (Lipinski definition) is 4. The third-order valence-electron chi connectivity index (χ3n) is 1.72. The van der Waals surface area contributed by atoms with Gasteiger partial charge in [-0.15, -0.1) is 24.8 Å². The van der Waals surface area contributed by atoms with E-state index in [0.717, 1.165) is 6.07 Å². The molecule has 1 aromatic rings. The summed E-state index contributed by atoms with van der Waals surface area (Å²) in [6.45, 7) is 0. The molecule has 0 amide bonds. The van der Waals surface area contributed by atoms with Crippen LogP contribution in [0.5, 0.6) is 11.6 Å². The second kappa shape index (κ2) is 5.10. The van der Waals surface area contributed by atoms with Crippen LogP contribution in [0.25, 0.3) is 0 Å². The minimum absolute atomic E-state index is 0.108.